The maximum absolute atomic E-state index is 12.5. The SMILES string of the molecule is COC(=O)C1(COc2cccc(N=S3(=O)CCCC3)c2)CC1. The second-order valence-corrected chi connectivity index (χ2v) is 8.58. The summed E-state index contributed by atoms with van der Waals surface area (Å²) in [5.74, 6) is 1.81. The Hall–Kier alpha value is -1.56. The van der Waals surface area contributed by atoms with Crippen molar-refractivity contribution in [3.05, 3.63) is 24.3 Å². The van der Waals surface area contributed by atoms with Gasteiger partial charge in [0.1, 0.15) is 17.8 Å². The van der Waals surface area contributed by atoms with Gasteiger partial charge in [-0.25, -0.2) is 4.21 Å². The highest BCUT2D eigenvalue weighted by Crippen LogP contribution is 2.47. The fourth-order valence-corrected chi connectivity index (χ4v) is 4.86. The van der Waals surface area contributed by atoms with Crippen molar-refractivity contribution in [2.75, 3.05) is 25.2 Å². The van der Waals surface area contributed by atoms with Gasteiger partial charge in [0.05, 0.1) is 22.5 Å². The molecule has 2 aliphatic rings. The Morgan fingerprint density at radius 2 is 2.05 bits per heavy atom. The van der Waals surface area contributed by atoms with E-state index in [4.69, 9.17) is 9.47 Å². The summed E-state index contributed by atoms with van der Waals surface area (Å²) in [5.41, 5.74) is 0.213. The quantitative estimate of drug-likeness (QED) is 0.782. The third-order valence-electron chi connectivity index (χ3n) is 4.25. The van der Waals surface area contributed by atoms with E-state index in [0.717, 1.165) is 25.7 Å². The van der Waals surface area contributed by atoms with Gasteiger partial charge in [0.2, 0.25) is 0 Å². The predicted molar refractivity (Wildman–Crippen MR) is 84.8 cm³/mol. The summed E-state index contributed by atoms with van der Waals surface area (Å²) in [4.78, 5) is 11.7. The predicted octanol–water partition coefficient (Wildman–Crippen LogP) is 2.91. The average molecular weight is 323 g/mol. The smallest absolute Gasteiger partial charge is 0.315 e. The molecule has 120 valence electrons. The van der Waals surface area contributed by atoms with Gasteiger partial charge >= 0.3 is 5.97 Å². The Morgan fingerprint density at radius 1 is 1.32 bits per heavy atom. The molecule has 0 atom stereocenters. The minimum atomic E-state index is -2.08. The first kappa shape index (κ1) is 15.3. The van der Waals surface area contributed by atoms with Crippen LogP contribution in [0.2, 0.25) is 0 Å². The fourth-order valence-electron chi connectivity index (χ4n) is 2.67. The summed E-state index contributed by atoms with van der Waals surface area (Å²) >= 11 is 0. The van der Waals surface area contributed by atoms with E-state index in [9.17, 15) is 9.00 Å². The van der Waals surface area contributed by atoms with Gasteiger partial charge in [-0.3, -0.25) is 4.79 Å². The molecule has 0 unspecified atom stereocenters. The number of ether oxygens (including phenoxy) is 2. The Bertz CT molecular complexity index is 675. The Kier molecular flexibility index (Phi) is 4.12. The van der Waals surface area contributed by atoms with Crippen molar-refractivity contribution in [1.82, 2.24) is 0 Å². The van der Waals surface area contributed by atoms with Crippen LogP contribution in [0.4, 0.5) is 5.69 Å². The number of hydrogen-bond donors (Lipinski definition) is 0. The van der Waals surface area contributed by atoms with Gasteiger partial charge in [0.25, 0.3) is 0 Å². The fraction of sp³-hybridized carbons (Fsp3) is 0.562. The number of esters is 1. The van der Waals surface area contributed by atoms with E-state index in [1.54, 1.807) is 6.07 Å². The van der Waals surface area contributed by atoms with E-state index in [1.165, 1.54) is 7.11 Å². The number of hydrogen-bond acceptors (Lipinski definition) is 5. The lowest BCUT2D eigenvalue weighted by Crippen LogP contribution is -2.24. The van der Waals surface area contributed by atoms with Crippen LogP contribution in [0.1, 0.15) is 25.7 Å². The average Bonchev–Trinajstić information content (AvgIpc) is 3.20. The lowest BCUT2D eigenvalue weighted by molar-refractivity contribution is -0.148. The zero-order chi connectivity index (χ0) is 15.6. The highest BCUT2D eigenvalue weighted by Gasteiger charge is 2.52. The molecular formula is C16H21NO4S. The number of nitrogens with zero attached hydrogens (tertiary/aromatic N) is 1. The van der Waals surface area contributed by atoms with Gasteiger partial charge in [-0.2, -0.15) is 4.36 Å². The molecule has 1 aliphatic heterocycles. The van der Waals surface area contributed by atoms with Crippen molar-refractivity contribution in [2.45, 2.75) is 25.7 Å². The first-order chi connectivity index (χ1) is 10.6. The third-order valence-corrected chi connectivity index (χ3v) is 6.65. The molecule has 1 heterocycles. The van der Waals surface area contributed by atoms with Gasteiger partial charge in [0, 0.05) is 17.6 Å². The normalized spacial score (nSPS) is 21.1. The number of carbonyl (C=O) groups is 1. The van der Waals surface area contributed by atoms with Crippen molar-refractivity contribution in [3.8, 4) is 5.75 Å². The molecule has 22 heavy (non-hydrogen) atoms. The monoisotopic (exact) mass is 323 g/mol. The lowest BCUT2D eigenvalue weighted by atomic mass is 10.1. The van der Waals surface area contributed by atoms with Crippen LogP contribution in [0.15, 0.2) is 28.6 Å². The van der Waals surface area contributed by atoms with Crippen molar-refractivity contribution in [3.63, 3.8) is 0 Å². The molecule has 3 rings (SSSR count). The van der Waals surface area contributed by atoms with Gasteiger partial charge in [0.15, 0.2) is 0 Å². The summed E-state index contributed by atoms with van der Waals surface area (Å²) in [7, 11) is -0.674. The van der Waals surface area contributed by atoms with Gasteiger partial charge < -0.3 is 9.47 Å². The van der Waals surface area contributed by atoms with Crippen LogP contribution in [0, 0.1) is 5.41 Å². The maximum atomic E-state index is 12.5. The summed E-state index contributed by atoms with van der Waals surface area (Å²) in [5, 5.41) is 0. The van der Waals surface area contributed by atoms with Crippen LogP contribution in [0.3, 0.4) is 0 Å². The first-order valence-electron chi connectivity index (χ1n) is 7.59. The molecule has 0 N–H and O–H groups in total. The van der Waals surface area contributed by atoms with Gasteiger partial charge in [-0.1, -0.05) is 6.07 Å². The number of carbonyl (C=O) groups excluding carboxylic acids is 1. The standard InChI is InChI=1S/C16H21NO4S/c1-20-15(18)16(7-8-16)12-21-14-6-4-5-13(11-14)17-22(19)9-2-3-10-22/h4-6,11H,2-3,7-10,12H2,1H3. The summed E-state index contributed by atoms with van der Waals surface area (Å²) < 4.78 is 27.4. The van der Waals surface area contributed by atoms with Crippen molar-refractivity contribution in [1.29, 1.82) is 0 Å². The number of rotatable bonds is 5. The summed E-state index contributed by atoms with van der Waals surface area (Å²) in [6, 6.07) is 7.29. The highest BCUT2D eigenvalue weighted by atomic mass is 32.2. The van der Waals surface area contributed by atoms with Crippen molar-refractivity contribution in [2.24, 2.45) is 9.78 Å². The molecule has 1 aromatic rings. The molecule has 1 aromatic carbocycles. The van der Waals surface area contributed by atoms with E-state index < -0.39 is 15.1 Å². The Balaban J connectivity index is 1.70. The molecule has 1 saturated heterocycles. The third kappa shape index (κ3) is 3.27. The largest absolute Gasteiger partial charge is 0.492 e. The molecular weight excluding hydrogens is 302 g/mol. The van der Waals surface area contributed by atoms with E-state index in [-0.39, 0.29) is 5.97 Å². The second kappa shape index (κ2) is 5.91. The van der Waals surface area contributed by atoms with Crippen LogP contribution in [-0.2, 0) is 19.3 Å². The topological polar surface area (TPSA) is 65.0 Å². The van der Waals surface area contributed by atoms with Crippen LogP contribution in [0.25, 0.3) is 0 Å². The van der Waals surface area contributed by atoms with Crippen LogP contribution >= 0.6 is 0 Å². The molecule has 6 heteroatoms. The molecule has 1 saturated carbocycles. The molecule has 0 spiro atoms. The first-order valence-corrected chi connectivity index (χ1v) is 9.44. The van der Waals surface area contributed by atoms with Crippen LogP contribution in [0.5, 0.6) is 5.75 Å². The zero-order valence-corrected chi connectivity index (χ0v) is 13.6. The molecule has 0 bridgehead atoms. The molecule has 5 nitrogen and oxygen atoms in total. The Morgan fingerprint density at radius 3 is 2.68 bits per heavy atom. The van der Waals surface area contributed by atoms with E-state index >= 15 is 0 Å². The van der Waals surface area contributed by atoms with E-state index in [1.807, 2.05) is 18.2 Å². The highest BCUT2D eigenvalue weighted by molar-refractivity contribution is 7.93. The molecule has 0 aromatic heterocycles. The molecule has 0 radical (unpaired) electrons. The number of methoxy groups -OCH3 is 1. The maximum Gasteiger partial charge on any atom is 0.315 e. The minimum Gasteiger partial charge on any atom is -0.492 e. The zero-order valence-electron chi connectivity index (χ0n) is 12.7. The molecule has 1 aliphatic carbocycles. The minimum absolute atomic E-state index is 0.206. The molecule has 2 fully saturated rings. The summed E-state index contributed by atoms with van der Waals surface area (Å²) in [6.07, 6.45) is 3.58. The van der Waals surface area contributed by atoms with E-state index in [0.29, 0.717) is 29.5 Å². The number of benzene rings is 1. The second-order valence-electron chi connectivity index (χ2n) is 6.04. The van der Waals surface area contributed by atoms with Gasteiger partial charge in [-0.05, 0) is 37.8 Å². The van der Waals surface area contributed by atoms with Crippen molar-refractivity contribution < 1.29 is 18.5 Å². The lowest BCUT2D eigenvalue weighted by Gasteiger charge is -2.14. The Labute approximate surface area is 131 Å². The molecule has 0 amide bonds. The van der Waals surface area contributed by atoms with Crippen LogP contribution in [-0.4, -0.2) is 35.4 Å². The van der Waals surface area contributed by atoms with Crippen LogP contribution < -0.4 is 4.74 Å². The van der Waals surface area contributed by atoms with E-state index in [2.05, 4.69) is 4.36 Å². The van der Waals surface area contributed by atoms with Crippen molar-refractivity contribution >= 4 is 21.4 Å². The van der Waals surface area contributed by atoms with Gasteiger partial charge in [-0.15, -0.1) is 0 Å². The summed E-state index contributed by atoms with van der Waals surface area (Å²) in [6.45, 7) is 0.318.